The highest BCUT2D eigenvalue weighted by Gasteiger charge is 2.18. The molecule has 25 heavy (non-hydrogen) atoms. The van der Waals surface area contributed by atoms with Crippen molar-refractivity contribution in [2.75, 3.05) is 13.6 Å². The molecule has 2 aromatic rings. The molecule has 1 aromatic carbocycles. The van der Waals surface area contributed by atoms with E-state index in [1.165, 1.54) is 5.56 Å². The van der Waals surface area contributed by atoms with Crippen molar-refractivity contribution in [1.29, 1.82) is 0 Å². The number of hydrogen-bond donors (Lipinski definition) is 2. The fourth-order valence-corrected chi connectivity index (χ4v) is 2.95. The van der Waals surface area contributed by atoms with Gasteiger partial charge < -0.3 is 10.2 Å². The number of quaternary nitrogens is 1. The van der Waals surface area contributed by atoms with Crippen LogP contribution in [0.25, 0.3) is 0 Å². The fourth-order valence-electron chi connectivity index (χ4n) is 2.65. The van der Waals surface area contributed by atoms with Crippen LogP contribution in [0.3, 0.4) is 0 Å². The summed E-state index contributed by atoms with van der Waals surface area (Å²) in [7, 11) is 1.97. The molecule has 1 unspecified atom stereocenters. The molecule has 6 nitrogen and oxygen atoms in total. The monoisotopic (exact) mass is 362 g/mol. The van der Waals surface area contributed by atoms with Crippen molar-refractivity contribution >= 4 is 18.1 Å². The lowest BCUT2D eigenvalue weighted by Gasteiger charge is -2.21. The second-order valence-electron chi connectivity index (χ2n) is 7.49. The van der Waals surface area contributed by atoms with E-state index < -0.39 is 0 Å². The minimum absolute atomic E-state index is 0.0250. The Labute approximate surface area is 154 Å². The number of benzene rings is 1. The van der Waals surface area contributed by atoms with Gasteiger partial charge in [0.25, 0.3) is 5.91 Å². The Balaban J connectivity index is 2.04. The first-order valence-corrected chi connectivity index (χ1v) is 8.87. The van der Waals surface area contributed by atoms with E-state index in [1.54, 1.807) is 4.68 Å². The number of amides is 1. The van der Waals surface area contributed by atoms with Gasteiger partial charge in [-0.2, -0.15) is 9.78 Å². The minimum atomic E-state index is -0.221. The standard InChI is InChI=1S/C18H27N5OS/c1-14-20-23(13-21(5)12-16(24)19-18(2,3)4)17(25)22(14)11-15-9-7-6-8-10-15/h6-10H,11-13H2,1-5H3,(H,19,24)/p+1. The molecule has 0 spiro atoms. The van der Waals surface area contributed by atoms with E-state index >= 15 is 0 Å². The number of carbonyl (C=O) groups is 1. The molecule has 0 saturated heterocycles. The van der Waals surface area contributed by atoms with Crippen molar-refractivity contribution < 1.29 is 9.69 Å². The number of likely N-dealkylation sites (N-methyl/N-ethyl adjacent to an activating group) is 1. The molecule has 2 N–H and O–H groups in total. The third-order valence-corrected chi connectivity index (χ3v) is 4.12. The Kier molecular flexibility index (Phi) is 6.13. The van der Waals surface area contributed by atoms with Gasteiger partial charge in [-0.3, -0.25) is 9.36 Å². The van der Waals surface area contributed by atoms with Gasteiger partial charge >= 0.3 is 0 Å². The van der Waals surface area contributed by atoms with Gasteiger partial charge in [-0.25, -0.2) is 0 Å². The van der Waals surface area contributed by atoms with E-state index in [0.29, 0.717) is 24.5 Å². The molecule has 1 aromatic heterocycles. The molecule has 0 radical (unpaired) electrons. The van der Waals surface area contributed by atoms with Crippen molar-refractivity contribution in [3.05, 3.63) is 46.5 Å². The number of nitrogens with one attached hydrogen (secondary N) is 2. The summed E-state index contributed by atoms with van der Waals surface area (Å²) in [6, 6.07) is 10.2. The predicted octanol–water partition coefficient (Wildman–Crippen LogP) is 1.16. The van der Waals surface area contributed by atoms with Crippen LogP contribution in [0, 0.1) is 11.7 Å². The van der Waals surface area contributed by atoms with Crippen molar-refractivity contribution in [3.8, 4) is 0 Å². The van der Waals surface area contributed by atoms with Crippen LogP contribution in [0.15, 0.2) is 30.3 Å². The van der Waals surface area contributed by atoms with E-state index in [2.05, 4.69) is 22.5 Å². The molecule has 7 heteroatoms. The first kappa shape index (κ1) is 19.3. The van der Waals surface area contributed by atoms with Crippen molar-refractivity contribution in [2.24, 2.45) is 0 Å². The van der Waals surface area contributed by atoms with Crippen LogP contribution in [0.2, 0.25) is 0 Å². The lowest BCUT2D eigenvalue weighted by atomic mass is 10.1. The van der Waals surface area contributed by atoms with Gasteiger partial charge in [0.1, 0.15) is 5.82 Å². The maximum absolute atomic E-state index is 12.1. The van der Waals surface area contributed by atoms with E-state index in [9.17, 15) is 4.79 Å². The quantitative estimate of drug-likeness (QED) is 0.758. The topological polar surface area (TPSA) is 56.3 Å². The fraction of sp³-hybridized carbons (Fsp3) is 0.500. The number of carbonyl (C=O) groups excluding carboxylic acids is 1. The molecule has 0 aliphatic carbocycles. The summed E-state index contributed by atoms with van der Waals surface area (Å²) in [4.78, 5) is 13.1. The maximum Gasteiger partial charge on any atom is 0.275 e. The predicted molar refractivity (Wildman–Crippen MR) is 101 cm³/mol. The van der Waals surface area contributed by atoms with Gasteiger partial charge in [0, 0.05) is 5.54 Å². The largest absolute Gasteiger partial charge is 0.347 e. The summed E-state index contributed by atoms with van der Waals surface area (Å²) in [6.45, 7) is 9.52. The summed E-state index contributed by atoms with van der Waals surface area (Å²) >= 11 is 5.58. The Bertz CT molecular complexity index is 773. The van der Waals surface area contributed by atoms with Gasteiger partial charge in [-0.05, 0) is 45.5 Å². The molecule has 2 rings (SSSR count). The summed E-state index contributed by atoms with van der Waals surface area (Å²) in [6.07, 6.45) is 0. The van der Waals surface area contributed by atoms with Crippen molar-refractivity contribution in [2.45, 2.75) is 46.4 Å². The number of aromatic nitrogens is 3. The van der Waals surface area contributed by atoms with Gasteiger partial charge in [0.15, 0.2) is 13.2 Å². The maximum atomic E-state index is 12.1. The third kappa shape index (κ3) is 5.79. The van der Waals surface area contributed by atoms with Crippen LogP contribution >= 0.6 is 12.2 Å². The zero-order chi connectivity index (χ0) is 18.6. The van der Waals surface area contributed by atoms with Gasteiger partial charge in [0.05, 0.1) is 13.6 Å². The van der Waals surface area contributed by atoms with Crippen LogP contribution in [-0.4, -0.2) is 39.4 Å². The third-order valence-electron chi connectivity index (χ3n) is 3.69. The van der Waals surface area contributed by atoms with Crippen LogP contribution in [0.5, 0.6) is 0 Å². The minimum Gasteiger partial charge on any atom is -0.347 e. The Hall–Kier alpha value is -1.99. The SMILES string of the molecule is Cc1nn(C[NH+](C)CC(=O)NC(C)(C)C)c(=S)n1Cc1ccccc1. The highest BCUT2D eigenvalue weighted by atomic mass is 32.1. The molecule has 136 valence electrons. The average molecular weight is 363 g/mol. The molecule has 0 bridgehead atoms. The van der Waals surface area contributed by atoms with Crippen LogP contribution in [0.1, 0.15) is 32.2 Å². The van der Waals surface area contributed by atoms with Crippen LogP contribution in [-0.2, 0) is 18.0 Å². The zero-order valence-electron chi connectivity index (χ0n) is 15.7. The molecule has 1 heterocycles. The van der Waals surface area contributed by atoms with E-state index in [4.69, 9.17) is 12.2 Å². The lowest BCUT2D eigenvalue weighted by Crippen LogP contribution is -3.09. The van der Waals surface area contributed by atoms with Crippen LogP contribution in [0.4, 0.5) is 0 Å². The van der Waals surface area contributed by atoms with Crippen molar-refractivity contribution in [3.63, 3.8) is 0 Å². The van der Waals surface area contributed by atoms with Gasteiger partial charge in [0.2, 0.25) is 4.77 Å². The Morgan fingerprint density at radius 3 is 2.52 bits per heavy atom. The summed E-state index contributed by atoms with van der Waals surface area (Å²) < 4.78 is 4.50. The number of nitrogens with zero attached hydrogens (tertiary/aromatic N) is 3. The first-order chi connectivity index (χ1) is 11.7. The second kappa shape index (κ2) is 7.93. The van der Waals surface area contributed by atoms with Crippen molar-refractivity contribution in [1.82, 2.24) is 19.7 Å². The molecule has 0 aliphatic rings. The summed E-state index contributed by atoms with van der Waals surface area (Å²) in [5, 5.41) is 7.53. The Morgan fingerprint density at radius 2 is 1.92 bits per heavy atom. The average Bonchev–Trinajstić information content (AvgIpc) is 2.73. The molecular weight excluding hydrogens is 334 g/mol. The molecule has 0 fully saturated rings. The van der Waals surface area contributed by atoms with E-state index in [0.717, 1.165) is 10.7 Å². The smallest absolute Gasteiger partial charge is 0.275 e. The number of rotatable bonds is 6. The highest BCUT2D eigenvalue weighted by molar-refractivity contribution is 7.71. The number of aryl methyl sites for hydroxylation is 1. The molecule has 1 amide bonds. The zero-order valence-corrected chi connectivity index (χ0v) is 16.5. The highest BCUT2D eigenvalue weighted by Crippen LogP contribution is 2.06. The van der Waals surface area contributed by atoms with Crippen LogP contribution < -0.4 is 10.2 Å². The van der Waals surface area contributed by atoms with E-state index in [1.807, 2.05) is 57.5 Å². The first-order valence-electron chi connectivity index (χ1n) is 8.46. The van der Waals surface area contributed by atoms with E-state index in [-0.39, 0.29) is 11.4 Å². The molecule has 0 aliphatic heterocycles. The Morgan fingerprint density at radius 1 is 1.28 bits per heavy atom. The summed E-state index contributed by atoms with van der Waals surface area (Å²) in [5.74, 6) is 0.901. The lowest BCUT2D eigenvalue weighted by molar-refractivity contribution is -0.895. The molecular formula is C18H28N5OS+. The molecule has 0 saturated carbocycles. The summed E-state index contributed by atoms with van der Waals surface area (Å²) in [5.41, 5.74) is 0.966. The van der Waals surface area contributed by atoms with Gasteiger partial charge in [-0.15, -0.1) is 0 Å². The normalized spacial score (nSPS) is 12.8. The molecule has 1 atom stereocenters. The second-order valence-corrected chi connectivity index (χ2v) is 7.86. The van der Waals surface area contributed by atoms with Gasteiger partial charge in [-0.1, -0.05) is 30.3 Å². The number of hydrogen-bond acceptors (Lipinski definition) is 3.